The van der Waals surface area contributed by atoms with Crippen molar-refractivity contribution in [3.8, 4) is 0 Å². The van der Waals surface area contributed by atoms with Crippen LogP contribution in [-0.4, -0.2) is 0 Å². The molecule has 0 nitrogen and oxygen atoms in total. The molecule has 0 heteroatoms. The van der Waals surface area contributed by atoms with Crippen LogP contribution in [-0.2, 0) is 0 Å². The maximum absolute atomic E-state index is 2.54. The average Bonchev–Trinajstić information content (AvgIpc) is 1.35. The van der Waals surface area contributed by atoms with Crippen molar-refractivity contribution in [1.82, 2.24) is 0 Å². The quantitative estimate of drug-likeness (QED) is 0.212. The van der Waals surface area contributed by atoms with Crippen molar-refractivity contribution in [1.29, 1.82) is 0 Å². The largest absolute Gasteiger partial charge is 0.0625 e. The highest BCUT2D eigenvalue weighted by Gasteiger charge is 2.53. The predicted octanol–water partition coefficient (Wildman–Crippen LogP) is 45.4. The van der Waals surface area contributed by atoms with Gasteiger partial charge in [-0.05, 0) is 321 Å². The van der Waals surface area contributed by atoms with Crippen LogP contribution in [0.25, 0.3) is 0 Å². The van der Waals surface area contributed by atoms with Gasteiger partial charge in [-0.25, -0.2) is 0 Å². The summed E-state index contributed by atoms with van der Waals surface area (Å²) in [4.78, 5) is 0. The molecule has 20 fully saturated rings. The number of rotatable bonds is 0. The molecule has 0 aliphatic heterocycles. The van der Waals surface area contributed by atoms with E-state index in [9.17, 15) is 0 Å². The van der Waals surface area contributed by atoms with E-state index in [4.69, 9.17) is 0 Å². The minimum absolute atomic E-state index is 0.663. The van der Waals surface area contributed by atoms with Gasteiger partial charge in [0.15, 0.2) is 0 Å². The molecular formula is C129H254. The SMILES string of the molecule is CC1(C)CC1.CC1(C)CCC1.CC1(C)CCCC1.CC1(C)CCCCC1.CC1(C)CCCCCC1.CC12CC3CC(C1)CC(C)(C3)C2.CC1CC(C)C1.CC1CCC(C)CC1.C[C@@H]1CCCCC[C@@H]1C.C[C@@H]1CCCC[C@@H]1C.C[C@@H]1CCCC[C@H](C)C1.C[C@@H]1CCC[C@@H]1C.C[C@@H]1CCC[C@H](C)C1.C[C@@H]1CCC[C@H](C)CC1.C[C@@H]1CC[C@@H]1C.C[C@@H]1CC[C@H](C)C1.C[C@@H]1C[C@@H]1C. The lowest BCUT2D eigenvalue weighted by atomic mass is 9.45. The molecule has 770 valence electrons. The van der Waals surface area contributed by atoms with Crippen molar-refractivity contribution in [2.45, 2.75) is 646 Å². The molecule has 129 heavy (non-hydrogen) atoms. The zero-order chi connectivity index (χ0) is 96.6. The summed E-state index contributed by atoms with van der Waals surface area (Å²) in [7, 11) is 0. The molecule has 0 amide bonds. The second-order valence-corrected chi connectivity index (χ2v) is 57.8. The fraction of sp³-hybridized carbons (Fsp3) is 1.00. The average molecular weight is 1810 g/mol. The smallest absolute Gasteiger partial charge is 0.0315 e. The molecule has 4 bridgehead atoms. The van der Waals surface area contributed by atoms with Gasteiger partial charge in [0.2, 0.25) is 0 Å². The minimum Gasteiger partial charge on any atom is -0.0625 e. The standard InChI is InChI=1S/C12H20.4C9H18.4C8H16.3C7H14.3C6H12.2C5H10/c1-11-4-9-3-10(5-11)7-12(2,6-9)8-11;1-8-4-3-5-9(2)7-6-8;1-8-5-3-4-6-9(2)7-8;1-9(2)7-5-3-4-6-8-9;1-8-6-4-3-5-7-9(8)2;1-7-3-5-8(2)6-4-7;1-7-4-3-5-8(2)6-7;1-8(2)6-4-3-5-7-8;1-7-5-3-4-6-8(7)2;1-6-3-4-7(2)5-6;1-7(2)5-3-4-6-7;1-6-4-3-5-7(6)2;1-5-3-6(2)4-5;1-6(2)4-3-5-6;1-5-3-4-6(5)2;1-5(2)3-4-5;1-4-3-5(4)2/h9-10H,3-8H2,1-2H3;2*8-9H,3-7H2,1-2H3;3-8H2,1-2H3;8-9H,3-7H2,1-2H3;2*7-8H,3-6H2,1-2H3;3-7H2,1-2H3;7-8H,3-6H2,1-2H3;6-7H,3-5H2,1-2H3;3-6H2,1-2H3;6-7H,3-5H2,1-2H3;5-6H,3-4H2,1-2H3;3-5H2,1-2H3;5-6H,3-4H2,1-2H3;3-4H2,1-2H3;4-5H,3H2,1-2H3/t;2*8-,9+;;8-,9+;;7-,8+;;7-,8+;6-,7+;;6-,7+;;;5-,6+;;4-,5+. The summed E-state index contributed by atoms with van der Waals surface area (Å²) >= 11 is 0. The van der Waals surface area contributed by atoms with Gasteiger partial charge in [-0.1, -0.05) is 505 Å². The molecule has 0 radical (unpaired) electrons. The van der Waals surface area contributed by atoms with Gasteiger partial charge in [-0.2, -0.15) is 0 Å². The van der Waals surface area contributed by atoms with E-state index in [0.29, 0.717) is 16.2 Å². The summed E-state index contributed by atoms with van der Waals surface area (Å²) in [5.41, 5.74) is 5.03. The van der Waals surface area contributed by atoms with Crippen LogP contribution >= 0.6 is 0 Å². The van der Waals surface area contributed by atoms with Crippen LogP contribution in [0.1, 0.15) is 646 Å². The summed E-state index contributed by atoms with van der Waals surface area (Å²) < 4.78 is 0. The van der Waals surface area contributed by atoms with Crippen LogP contribution in [0.5, 0.6) is 0 Å². The van der Waals surface area contributed by atoms with Crippen molar-refractivity contribution in [3.05, 3.63) is 0 Å². The van der Waals surface area contributed by atoms with Crippen molar-refractivity contribution in [3.63, 3.8) is 0 Å². The topological polar surface area (TPSA) is 0 Å². The van der Waals surface area contributed by atoms with Crippen molar-refractivity contribution in [2.75, 3.05) is 0 Å². The molecule has 0 N–H and O–H groups in total. The summed E-state index contributed by atoms with van der Waals surface area (Å²) in [6.07, 6.45) is 94.6. The van der Waals surface area contributed by atoms with E-state index in [-0.39, 0.29) is 0 Å². The maximum Gasteiger partial charge on any atom is -0.0315 e. The molecule has 20 rings (SSSR count). The van der Waals surface area contributed by atoms with Crippen molar-refractivity contribution < 1.29 is 0 Å². The highest BCUT2D eigenvalue weighted by atomic mass is 14.6. The Hall–Kier alpha value is 0. The summed E-state index contributed by atoms with van der Waals surface area (Å²) in [6.45, 7) is 80.5. The molecular weight excluding hydrogens is 1550 g/mol. The van der Waals surface area contributed by atoms with E-state index in [2.05, 4.69) is 235 Å². The first-order valence-corrected chi connectivity index (χ1v) is 60.4. The molecule has 20 saturated carbocycles. The lowest BCUT2D eigenvalue weighted by Gasteiger charge is -2.60. The second-order valence-electron chi connectivity index (χ2n) is 57.8. The summed E-state index contributed by atoms with van der Waals surface area (Å²) in [5.74, 6) is 24.6. The molecule has 0 aromatic carbocycles. The van der Waals surface area contributed by atoms with E-state index < -0.39 is 0 Å². The third-order valence-corrected chi connectivity index (χ3v) is 38.5. The molecule has 20 aliphatic rings. The highest BCUT2D eigenvalue weighted by molar-refractivity contribution is 5.04. The van der Waals surface area contributed by atoms with E-state index in [1.54, 1.807) is 32.1 Å². The third-order valence-electron chi connectivity index (χ3n) is 38.5. The van der Waals surface area contributed by atoms with Crippen molar-refractivity contribution in [2.24, 2.45) is 180 Å². The van der Waals surface area contributed by atoms with Gasteiger partial charge in [0.05, 0.1) is 0 Å². The van der Waals surface area contributed by atoms with E-state index in [0.717, 1.165) is 164 Å². The Balaban J connectivity index is 0.000000355. The third kappa shape index (κ3) is 62.7. The molecule has 18 atom stereocenters. The Bertz CT molecular complexity index is 2460. The molecule has 20 aliphatic carbocycles. The monoisotopic (exact) mass is 1800 g/mol. The number of hydrogen-bond donors (Lipinski definition) is 0. The van der Waals surface area contributed by atoms with Gasteiger partial charge in [0, 0.05) is 0 Å². The molecule has 0 spiro atoms. The molecule has 0 heterocycles. The van der Waals surface area contributed by atoms with Crippen LogP contribution in [0, 0.1) is 180 Å². The fourth-order valence-electron chi connectivity index (χ4n) is 26.3. The molecule has 0 saturated heterocycles. The van der Waals surface area contributed by atoms with Crippen molar-refractivity contribution >= 4 is 0 Å². The predicted molar refractivity (Wildman–Crippen MR) is 589 cm³/mol. The molecule has 0 aromatic rings. The van der Waals surface area contributed by atoms with E-state index in [1.807, 2.05) is 0 Å². The minimum atomic E-state index is 0.663. The lowest BCUT2D eigenvalue weighted by molar-refractivity contribution is -0.0920. The van der Waals surface area contributed by atoms with Gasteiger partial charge < -0.3 is 0 Å². The van der Waals surface area contributed by atoms with E-state index in [1.165, 1.54) is 379 Å². The summed E-state index contributed by atoms with van der Waals surface area (Å²) in [6, 6.07) is 0. The Labute approximate surface area is 820 Å². The van der Waals surface area contributed by atoms with Crippen LogP contribution in [0.2, 0.25) is 0 Å². The zero-order valence-corrected chi connectivity index (χ0v) is 96.6. The lowest BCUT2D eigenvalue weighted by Crippen LogP contribution is -2.49. The molecule has 0 unspecified atom stereocenters. The van der Waals surface area contributed by atoms with Crippen LogP contribution in [0.4, 0.5) is 0 Å². The second kappa shape index (κ2) is 65.2. The zero-order valence-electron chi connectivity index (χ0n) is 96.6. The first-order valence-electron chi connectivity index (χ1n) is 60.4. The van der Waals surface area contributed by atoms with Gasteiger partial charge in [0.1, 0.15) is 0 Å². The number of hydrogen-bond acceptors (Lipinski definition) is 0. The van der Waals surface area contributed by atoms with Gasteiger partial charge in [0.25, 0.3) is 0 Å². The van der Waals surface area contributed by atoms with Crippen LogP contribution in [0.3, 0.4) is 0 Å². The van der Waals surface area contributed by atoms with E-state index >= 15 is 0 Å². The first-order chi connectivity index (χ1) is 60.4. The highest BCUT2D eigenvalue weighted by Crippen LogP contribution is 2.65. The Morgan fingerprint density at radius 1 is 0.132 bits per heavy atom. The Morgan fingerprint density at radius 3 is 0.504 bits per heavy atom. The Kier molecular flexibility index (Phi) is 62.2. The molecule has 0 aromatic heterocycles. The maximum atomic E-state index is 2.54. The van der Waals surface area contributed by atoms with Gasteiger partial charge >= 0.3 is 0 Å². The first kappa shape index (κ1) is 123. The summed E-state index contributed by atoms with van der Waals surface area (Å²) in [5, 5.41) is 0. The normalized spacial score (nSPS) is 39.5. The van der Waals surface area contributed by atoms with Gasteiger partial charge in [-0.15, -0.1) is 0 Å². The van der Waals surface area contributed by atoms with Gasteiger partial charge in [-0.3, -0.25) is 0 Å². The Morgan fingerprint density at radius 2 is 0.302 bits per heavy atom. The van der Waals surface area contributed by atoms with Crippen LogP contribution in [0.15, 0.2) is 0 Å². The fourth-order valence-corrected chi connectivity index (χ4v) is 26.3. The van der Waals surface area contributed by atoms with Crippen LogP contribution < -0.4 is 0 Å².